The predicted octanol–water partition coefficient (Wildman–Crippen LogP) is 3.65. The number of hydrogen-bond donors (Lipinski definition) is 1. The molecular formula is C19H14N4O. The SMILES string of the molecule is O=C(Nc1nc2ncccn2c1-c1ccccc1)c1ccccc1. The fourth-order valence-electron chi connectivity index (χ4n) is 2.62. The van der Waals surface area contributed by atoms with E-state index in [0.717, 1.165) is 11.3 Å². The van der Waals surface area contributed by atoms with Gasteiger partial charge in [0.2, 0.25) is 5.78 Å². The van der Waals surface area contributed by atoms with E-state index in [4.69, 9.17) is 0 Å². The first kappa shape index (κ1) is 14.1. The fraction of sp³-hybridized carbons (Fsp3) is 0. The van der Waals surface area contributed by atoms with Crippen LogP contribution in [0.4, 0.5) is 5.82 Å². The monoisotopic (exact) mass is 314 g/mol. The second kappa shape index (κ2) is 5.96. The average Bonchev–Trinajstić information content (AvgIpc) is 3.01. The van der Waals surface area contributed by atoms with Gasteiger partial charge in [-0.25, -0.2) is 4.98 Å². The number of amides is 1. The van der Waals surface area contributed by atoms with Gasteiger partial charge in [-0.15, -0.1) is 0 Å². The lowest BCUT2D eigenvalue weighted by molar-refractivity contribution is 0.102. The molecule has 0 saturated heterocycles. The minimum Gasteiger partial charge on any atom is -0.305 e. The van der Waals surface area contributed by atoms with Gasteiger partial charge in [0.05, 0.1) is 5.69 Å². The summed E-state index contributed by atoms with van der Waals surface area (Å²) in [6.07, 6.45) is 3.57. The summed E-state index contributed by atoms with van der Waals surface area (Å²) in [5, 5.41) is 2.90. The summed E-state index contributed by atoms with van der Waals surface area (Å²) in [5.74, 6) is 0.838. The highest BCUT2D eigenvalue weighted by Crippen LogP contribution is 2.28. The fourth-order valence-corrected chi connectivity index (χ4v) is 2.62. The van der Waals surface area contributed by atoms with Gasteiger partial charge in [0.1, 0.15) is 0 Å². The van der Waals surface area contributed by atoms with E-state index in [9.17, 15) is 4.79 Å². The van der Waals surface area contributed by atoms with Crippen molar-refractivity contribution in [2.75, 3.05) is 5.32 Å². The number of fused-ring (bicyclic) bond motifs is 1. The van der Waals surface area contributed by atoms with Crippen molar-refractivity contribution in [3.63, 3.8) is 0 Å². The van der Waals surface area contributed by atoms with Crippen molar-refractivity contribution in [2.45, 2.75) is 0 Å². The Morgan fingerprint density at radius 1 is 0.917 bits per heavy atom. The van der Waals surface area contributed by atoms with Crippen LogP contribution in [-0.4, -0.2) is 20.3 Å². The van der Waals surface area contributed by atoms with Crippen molar-refractivity contribution >= 4 is 17.5 Å². The van der Waals surface area contributed by atoms with Crippen LogP contribution >= 0.6 is 0 Å². The predicted molar refractivity (Wildman–Crippen MR) is 92.8 cm³/mol. The second-order valence-corrected chi connectivity index (χ2v) is 5.28. The molecule has 0 saturated carbocycles. The van der Waals surface area contributed by atoms with Crippen molar-refractivity contribution in [1.82, 2.24) is 14.4 Å². The molecule has 5 nitrogen and oxygen atoms in total. The van der Waals surface area contributed by atoms with E-state index in [-0.39, 0.29) is 5.91 Å². The molecule has 24 heavy (non-hydrogen) atoms. The maximum atomic E-state index is 12.5. The number of anilines is 1. The zero-order valence-corrected chi connectivity index (χ0v) is 12.8. The molecule has 4 aromatic rings. The summed E-state index contributed by atoms with van der Waals surface area (Å²) in [6.45, 7) is 0. The van der Waals surface area contributed by atoms with Crippen molar-refractivity contribution in [1.29, 1.82) is 0 Å². The molecule has 4 rings (SSSR count). The highest BCUT2D eigenvalue weighted by Gasteiger charge is 2.17. The first-order valence-corrected chi connectivity index (χ1v) is 7.58. The molecule has 1 N–H and O–H groups in total. The van der Waals surface area contributed by atoms with Gasteiger partial charge in [-0.1, -0.05) is 48.5 Å². The number of nitrogens with one attached hydrogen (secondary N) is 1. The molecule has 0 unspecified atom stereocenters. The summed E-state index contributed by atoms with van der Waals surface area (Å²) in [7, 11) is 0. The number of hydrogen-bond acceptors (Lipinski definition) is 3. The second-order valence-electron chi connectivity index (χ2n) is 5.28. The van der Waals surface area contributed by atoms with Crippen LogP contribution in [0.5, 0.6) is 0 Å². The molecule has 2 heterocycles. The van der Waals surface area contributed by atoms with Gasteiger partial charge < -0.3 is 5.32 Å². The van der Waals surface area contributed by atoms with Gasteiger partial charge in [-0.2, -0.15) is 4.98 Å². The van der Waals surface area contributed by atoms with E-state index in [2.05, 4.69) is 15.3 Å². The third-order valence-corrected chi connectivity index (χ3v) is 3.72. The Morgan fingerprint density at radius 2 is 1.62 bits per heavy atom. The molecule has 2 aromatic heterocycles. The lowest BCUT2D eigenvalue weighted by Crippen LogP contribution is -2.12. The third-order valence-electron chi connectivity index (χ3n) is 3.72. The zero-order chi connectivity index (χ0) is 16.4. The number of carbonyl (C=O) groups is 1. The van der Waals surface area contributed by atoms with Crippen LogP contribution in [-0.2, 0) is 0 Å². The van der Waals surface area contributed by atoms with Crippen LogP contribution < -0.4 is 5.32 Å². The highest BCUT2D eigenvalue weighted by atomic mass is 16.1. The average molecular weight is 314 g/mol. The maximum Gasteiger partial charge on any atom is 0.256 e. The Hall–Kier alpha value is -3.47. The third kappa shape index (κ3) is 2.52. The molecule has 0 aliphatic rings. The van der Waals surface area contributed by atoms with Crippen molar-refractivity contribution in [3.8, 4) is 11.3 Å². The molecule has 1 amide bonds. The lowest BCUT2D eigenvalue weighted by Gasteiger charge is -2.06. The Balaban J connectivity index is 1.82. The van der Waals surface area contributed by atoms with Gasteiger partial charge >= 0.3 is 0 Å². The van der Waals surface area contributed by atoms with Crippen LogP contribution in [0, 0.1) is 0 Å². The highest BCUT2D eigenvalue weighted by molar-refractivity contribution is 6.05. The van der Waals surface area contributed by atoms with Crippen LogP contribution in [0.25, 0.3) is 17.0 Å². The van der Waals surface area contributed by atoms with Gasteiger partial charge in [-0.05, 0) is 18.2 Å². The zero-order valence-electron chi connectivity index (χ0n) is 12.8. The smallest absolute Gasteiger partial charge is 0.256 e. The first-order valence-electron chi connectivity index (χ1n) is 7.58. The Kier molecular flexibility index (Phi) is 3.51. The number of benzene rings is 2. The van der Waals surface area contributed by atoms with E-state index in [1.165, 1.54) is 0 Å². The maximum absolute atomic E-state index is 12.5. The van der Waals surface area contributed by atoms with Crippen LogP contribution in [0.3, 0.4) is 0 Å². The lowest BCUT2D eigenvalue weighted by atomic mass is 10.1. The van der Waals surface area contributed by atoms with E-state index in [0.29, 0.717) is 17.2 Å². The van der Waals surface area contributed by atoms with Gasteiger partial charge in [-0.3, -0.25) is 9.20 Å². The van der Waals surface area contributed by atoms with Crippen LogP contribution in [0.15, 0.2) is 79.1 Å². The van der Waals surface area contributed by atoms with Crippen molar-refractivity contribution < 1.29 is 4.79 Å². The summed E-state index contributed by atoms with van der Waals surface area (Å²) in [6, 6.07) is 20.7. The molecule has 0 aliphatic heterocycles. The summed E-state index contributed by atoms with van der Waals surface area (Å²) in [4.78, 5) is 21.2. The number of rotatable bonds is 3. The number of nitrogens with zero attached hydrogens (tertiary/aromatic N) is 3. The van der Waals surface area contributed by atoms with E-state index >= 15 is 0 Å². The summed E-state index contributed by atoms with van der Waals surface area (Å²) in [5.41, 5.74) is 2.35. The van der Waals surface area contributed by atoms with Gasteiger partial charge in [0.25, 0.3) is 5.91 Å². The standard InChI is InChI=1S/C19H14N4O/c24-18(15-10-5-2-6-11-15)21-17-16(14-8-3-1-4-9-14)23-13-7-12-20-19(23)22-17/h1-13H,(H,21,24). The molecule has 0 spiro atoms. The Bertz CT molecular complexity index is 994. The minimum absolute atomic E-state index is 0.198. The minimum atomic E-state index is -0.198. The van der Waals surface area contributed by atoms with E-state index in [1.807, 2.05) is 65.2 Å². The van der Waals surface area contributed by atoms with Crippen molar-refractivity contribution in [2.24, 2.45) is 0 Å². The largest absolute Gasteiger partial charge is 0.305 e. The number of carbonyl (C=O) groups excluding carboxylic acids is 1. The molecule has 116 valence electrons. The molecule has 2 aromatic carbocycles. The van der Waals surface area contributed by atoms with E-state index < -0.39 is 0 Å². The Labute approximate surface area is 138 Å². The number of aromatic nitrogens is 3. The van der Waals surface area contributed by atoms with Crippen LogP contribution in [0.2, 0.25) is 0 Å². The van der Waals surface area contributed by atoms with E-state index in [1.54, 1.807) is 18.3 Å². The molecule has 0 bridgehead atoms. The van der Waals surface area contributed by atoms with Gasteiger partial charge in [0.15, 0.2) is 5.82 Å². The normalized spacial score (nSPS) is 10.7. The number of imidazole rings is 1. The topological polar surface area (TPSA) is 59.3 Å². The summed E-state index contributed by atoms with van der Waals surface area (Å²) >= 11 is 0. The van der Waals surface area contributed by atoms with Gasteiger partial charge in [0, 0.05) is 23.5 Å². The molecule has 0 aliphatic carbocycles. The molecule has 0 radical (unpaired) electrons. The quantitative estimate of drug-likeness (QED) is 0.628. The first-order chi connectivity index (χ1) is 11.8. The molecular weight excluding hydrogens is 300 g/mol. The molecule has 0 atom stereocenters. The molecule has 0 fully saturated rings. The van der Waals surface area contributed by atoms with Crippen molar-refractivity contribution in [3.05, 3.63) is 84.7 Å². The van der Waals surface area contributed by atoms with Crippen LogP contribution in [0.1, 0.15) is 10.4 Å². The summed E-state index contributed by atoms with van der Waals surface area (Å²) < 4.78 is 1.87. The molecule has 5 heteroatoms. The Morgan fingerprint density at radius 3 is 2.38 bits per heavy atom.